The molecule has 0 atom stereocenters. The number of sulfonamides is 1. The topological polar surface area (TPSA) is 66.5 Å². The van der Waals surface area contributed by atoms with Gasteiger partial charge in [-0.05, 0) is 48.0 Å². The Hall–Kier alpha value is -2.80. The Bertz CT molecular complexity index is 1180. The monoisotopic (exact) mass is 474 g/mol. The van der Waals surface area contributed by atoms with Crippen molar-refractivity contribution < 1.29 is 13.2 Å². The standard InChI is InChI=1S/C23H20Cl2N2O3S/c1-2-14-27(19-6-4-3-5-7-19)31(29,30)20-12-13-22(25)21(15-20)23(28)26-16-17-8-10-18(24)11-9-17/h2-13,15H,1,14,16H2,(H,26,28). The molecule has 3 rings (SSSR count). The highest BCUT2D eigenvalue weighted by atomic mass is 35.5. The fourth-order valence-electron chi connectivity index (χ4n) is 2.90. The summed E-state index contributed by atoms with van der Waals surface area (Å²) in [6.07, 6.45) is 1.50. The summed E-state index contributed by atoms with van der Waals surface area (Å²) >= 11 is 12.1. The number of nitrogens with one attached hydrogen (secondary N) is 1. The zero-order chi connectivity index (χ0) is 22.4. The Morgan fingerprint density at radius 1 is 1.00 bits per heavy atom. The number of para-hydroxylation sites is 1. The molecule has 0 aliphatic carbocycles. The molecule has 0 spiro atoms. The first kappa shape index (κ1) is 22.9. The summed E-state index contributed by atoms with van der Waals surface area (Å²) in [5.74, 6) is -0.480. The number of carbonyl (C=O) groups excluding carboxylic acids is 1. The molecule has 31 heavy (non-hydrogen) atoms. The number of nitrogens with zero attached hydrogens (tertiary/aromatic N) is 1. The van der Waals surface area contributed by atoms with E-state index in [2.05, 4.69) is 11.9 Å². The van der Waals surface area contributed by atoms with E-state index in [0.29, 0.717) is 10.7 Å². The van der Waals surface area contributed by atoms with Crippen molar-refractivity contribution in [1.82, 2.24) is 5.32 Å². The maximum absolute atomic E-state index is 13.3. The summed E-state index contributed by atoms with van der Waals surface area (Å²) < 4.78 is 27.8. The van der Waals surface area contributed by atoms with E-state index in [4.69, 9.17) is 23.2 Å². The first-order valence-corrected chi connectivity index (χ1v) is 11.5. The van der Waals surface area contributed by atoms with Crippen molar-refractivity contribution >= 4 is 44.8 Å². The van der Waals surface area contributed by atoms with Gasteiger partial charge in [0.1, 0.15) is 0 Å². The van der Waals surface area contributed by atoms with Gasteiger partial charge in [0.25, 0.3) is 15.9 Å². The quantitative estimate of drug-likeness (QED) is 0.450. The smallest absolute Gasteiger partial charge is 0.264 e. The lowest BCUT2D eigenvalue weighted by Gasteiger charge is -2.23. The molecule has 3 aromatic carbocycles. The van der Waals surface area contributed by atoms with Crippen molar-refractivity contribution in [2.75, 3.05) is 10.8 Å². The van der Waals surface area contributed by atoms with Crippen molar-refractivity contribution in [2.24, 2.45) is 0 Å². The molecule has 0 bridgehead atoms. The van der Waals surface area contributed by atoms with Gasteiger partial charge < -0.3 is 5.32 Å². The molecule has 0 aliphatic rings. The van der Waals surface area contributed by atoms with Gasteiger partial charge in [0.05, 0.1) is 27.7 Å². The van der Waals surface area contributed by atoms with Crippen LogP contribution in [0.25, 0.3) is 0 Å². The zero-order valence-corrected chi connectivity index (χ0v) is 18.8. The summed E-state index contributed by atoms with van der Waals surface area (Å²) in [7, 11) is -3.95. The molecule has 1 amide bonds. The van der Waals surface area contributed by atoms with Crippen LogP contribution in [0.1, 0.15) is 15.9 Å². The van der Waals surface area contributed by atoms with Crippen LogP contribution in [0.15, 0.2) is 90.3 Å². The van der Waals surface area contributed by atoms with Crippen LogP contribution in [0.4, 0.5) is 5.69 Å². The largest absolute Gasteiger partial charge is 0.348 e. The maximum Gasteiger partial charge on any atom is 0.264 e. The minimum absolute atomic E-state index is 0.0424. The molecule has 0 aliphatic heterocycles. The van der Waals surface area contributed by atoms with E-state index in [1.54, 1.807) is 54.6 Å². The molecule has 1 N–H and O–H groups in total. The molecular formula is C23H20Cl2N2O3S. The third-order valence-corrected chi connectivity index (χ3v) is 6.85. The summed E-state index contributed by atoms with van der Waals surface area (Å²) in [5.41, 5.74) is 1.41. The van der Waals surface area contributed by atoms with Crippen molar-refractivity contribution in [1.29, 1.82) is 0 Å². The molecule has 3 aromatic rings. The number of hydrogen-bond acceptors (Lipinski definition) is 3. The Labute approximate surface area is 192 Å². The van der Waals surface area contributed by atoms with Crippen molar-refractivity contribution in [3.8, 4) is 0 Å². The van der Waals surface area contributed by atoms with Crippen molar-refractivity contribution in [3.05, 3.63) is 107 Å². The third kappa shape index (κ3) is 5.47. The second-order valence-corrected chi connectivity index (χ2v) is 9.32. The number of carbonyl (C=O) groups is 1. The van der Waals surface area contributed by atoms with Gasteiger partial charge in [-0.3, -0.25) is 9.10 Å². The van der Waals surface area contributed by atoms with E-state index >= 15 is 0 Å². The highest BCUT2D eigenvalue weighted by molar-refractivity contribution is 7.92. The number of benzene rings is 3. The molecule has 0 saturated carbocycles. The Balaban J connectivity index is 1.88. The molecule has 0 radical (unpaired) electrons. The number of amides is 1. The highest BCUT2D eigenvalue weighted by Crippen LogP contribution is 2.27. The molecule has 0 aromatic heterocycles. The van der Waals surface area contributed by atoms with Gasteiger partial charge in [0.15, 0.2) is 0 Å². The Morgan fingerprint density at radius 2 is 1.68 bits per heavy atom. The molecule has 8 heteroatoms. The van der Waals surface area contributed by atoms with Crippen molar-refractivity contribution in [3.63, 3.8) is 0 Å². The SMILES string of the molecule is C=CCN(c1ccccc1)S(=O)(=O)c1ccc(Cl)c(C(=O)NCc2ccc(Cl)cc2)c1. The van der Waals surface area contributed by atoms with Gasteiger partial charge in [0.2, 0.25) is 0 Å². The molecule has 5 nitrogen and oxygen atoms in total. The highest BCUT2D eigenvalue weighted by Gasteiger charge is 2.25. The predicted molar refractivity (Wildman–Crippen MR) is 125 cm³/mol. The van der Waals surface area contributed by atoms with Gasteiger partial charge in [0, 0.05) is 11.6 Å². The Kier molecular flexibility index (Phi) is 7.38. The summed E-state index contributed by atoms with van der Waals surface area (Å²) in [5, 5.41) is 3.50. The number of rotatable bonds is 8. The van der Waals surface area contributed by atoms with E-state index in [9.17, 15) is 13.2 Å². The molecule has 0 unspecified atom stereocenters. The van der Waals surface area contributed by atoms with E-state index < -0.39 is 15.9 Å². The van der Waals surface area contributed by atoms with Crippen LogP contribution in [0, 0.1) is 0 Å². The van der Waals surface area contributed by atoms with E-state index in [1.165, 1.54) is 28.6 Å². The third-order valence-electron chi connectivity index (χ3n) is 4.48. The van der Waals surface area contributed by atoms with Crippen LogP contribution in [0.2, 0.25) is 10.0 Å². The van der Waals surface area contributed by atoms with E-state index in [-0.39, 0.29) is 28.6 Å². The average Bonchev–Trinajstić information content (AvgIpc) is 2.77. The lowest BCUT2D eigenvalue weighted by molar-refractivity contribution is 0.0951. The summed E-state index contributed by atoms with van der Waals surface area (Å²) in [6.45, 7) is 3.97. The number of halogens is 2. The average molecular weight is 475 g/mol. The molecule has 0 fully saturated rings. The lowest BCUT2D eigenvalue weighted by atomic mass is 10.2. The molecule has 0 heterocycles. The number of hydrogen-bond donors (Lipinski definition) is 1. The van der Waals surface area contributed by atoms with Crippen molar-refractivity contribution in [2.45, 2.75) is 11.4 Å². The van der Waals surface area contributed by atoms with E-state index in [1.807, 2.05) is 0 Å². The van der Waals surface area contributed by atoms with Gasteiger partial charge >= 0.3 is 0 Å². The minimum Gasteiger partial charge on any atom is -0.348 e. The summed E-state index contributed by atoms with van der Waals surface area (Å²) in [6, 6.07) is 19.8. The van der Waals surface area contributed by atoms with Gasteiger partial charge in [-0.1, -0.05) is 59.6 Å². The number of anilines is 1. The van der Waals surface area contributed by atoms with Crippen LogP contribution in [0.5, 0.6) is 0 Å². The van der Waals surface area contributed by atoms with Gasteiger partial charge in [-0.25, -0.2) is 8.42 Å². The predicted octanol–water partition coefficient (Wildman–Crippen LogP) is 5.30. The summed E-state index contributed by atoms with van der Waals surface area (Å²) in [4.78, 5) is 12.7. The normalized spacial score (nSPS) is 11.0. The fraction of sp³-hybridized carbons (Fsp3) is 0.0870. The van der Waals surface area contributed by atoms with E-state index in [0.717, 1.165) is 5.56 Å². The second kappa shape index (κ2) is 10.0. The van der Waals surface area contributed by atoms with Gasteiger partial charge in [-0.2, -0.15) is 0 Å². The second-order valence-electron chi connectivity index (χ2n) is 6.61. The first-order chi connectivity index (χ1) is 14.8. The molecule has 0 saturated heterocycles. The fourth-order valence-corrected chi connectivity index (χ4v) is 4.69. The van der Waals surface area contributed by atoms with Crippen LogP contribution in [0.3, 0.4) is 0 Å². The molecular weight excluding hydrogens is 455 g/mol. The lowest BCUT2D eigenvalue weighted by Crippen LogP contribution is -2.31. The van der Waals surface area contributed by atoms with Crippen LogP contribution in [-0.2, 0) is 16.6 Å². The van der Waals surface area contributed by atoms with Crippen LogP contribution in [-0.4, -0.2) is 20.9 Å². The maximum atomic E-state index is 13.3. The zero-order valence-electron chi connectivity index (χ0n) is 16.5. The van der Waals surface area contributed by atoms with Crippen LogP contribution >= 0.6 is 23.2 Å². The molecule has 160 valence electrons. The first-order valence-electron chi connectivity index (χ1n) is 9.34. The van der Waals surface area contributed by atoms with Gasteiger partial charge in [-0.15, -0.1) is 6.58 Å². The minimum atomic E-state index is -3.95. The van der Waals surface area contributed by atoms with Crippen LogP contribution < -0.4 is 9.62 Å². The Morgan fingerprint density at radius 3 is 2.32 bits per heavy atom.